The number of H-pyrrole nitrogens is 1. The van der Waals surface area contributed by atoms with Crippen molar-refractivity contribution in [3.8, 4) is 0 Å². The zero-order valence-corrected chi connectivity index (χ0v) is 17.4. The van der Waals surface area contributed by atoms with E-state index in [1.807, 2.05) is 42.1 Å². The minimum absolute atomic E-state index is 0.128. The van der Waals surface area contributed by atoms with Gasteiger partial charge in [-0.15, -0.1) is 0 Å². The van der Waals surface area contributed by atoms with E-state index >= 15 is 0 Å². The molecule has 0 aliphatic carbocycles. The molecule has 3 aromatic heterocycles. The van der Waals surface area contributed by atoms with E-state index in [4.69, 9.17) is 11.6 Å². The van der Waals surface area contributed by atoms with Gasteiger partial charge in [0.1, 0.15) is 5.03 Å². The maximum Gasteiger partial charge on any atom is 0.271 e. The van der Waals surface area contributed by atoms with Gasteiger partial charge in [-0.3, -0.25) is 20.4 Å². The van der Waals surface area contributed by atoms with E-state index in [1.165, 1.54) is 24.0 Å². The Morgan fingerprint density at radius 2 is 2.07 bits per heavy atom. The fourth-order valence-corrected chi connectivity index (χ4v) is 3.89. The molecular weight excluding hydrogens is 424 g/mol. The first-order valence-corrected chi connectivity index (χ1v) is 10.2. The number of para-hydroxylation sites is 1. The monoisotopic (exact) mass is 440 g/mol. The van der Waals surface area contributed by atoms with E-state index in [-0.39, 0.29) is 17.9 Å². The molecular formula is C20H17ClN6O2S. The van der Waals surface area contributed by atoms with Crippen LogP contribution in [0.15, 0.2) is 65.3 Å². The number of amides is 2. The second-order valence-electron chi connectivity index (χ2n) is 6.47. The van der Waals surface area contributed by atoms with Gasteiger partial charge >= 0.3 is 0 Å². The van der Waals surface area contributed by atoms with Crippen molar-refractivity contribution in [3.63, 3.8) is 0 Å². The highest BCUT2D eigenvalue weighted by atomic mass is 35.5. The summed E-state index contributed by atoms with van der Waals surface area (Å²) in [6.07, 6.45) is 6.81. The van der Waals surface area contributed by atoms with Crippen LogP contribution in [-0.4, -0.2) is 31.3 Å². The zero-order valence-electron chi connectivity index (χ0n) is 15.8. The molecule has 3 heterocycles. The number of fused-ring (bicyclic) bond motifs is 1. The molecule has 4 aromatic rings. The molecule has 3 N–H and O–H groups in total. The molecule has 0 radical (unpaired) electrons. The van der Waals surface area contributed by atoms with Crippen molar-refractivity contribution < 1.29 is 9.59 Å². The van der Waals surface area contributed by atoms with Crippen LogP contribution in [-0.2, 0) is 18.3 Å². The summed E-state index contributed by atoms with van der Waals surface area (Å²) in [5.41, 5.74) is 6.84. The van der Waals surface area contributed by atoms with Gasteiger partial charge in [0.05, 0.1) is 17.0 Å². The first-order chi connectivity index (χ1) is 14.5. The van der Waals surface area contributed by atoms with E-state index < -0.39 is 5.91 Å². The zero-order chi connectivity index (χ0) is 21.1. The summed E-state index contributed by atoms with van der Waals surface area (Å²) in [6.45, 7) is 0. The van der Waals surface area contributed by atoms with Crippen molar-refractivity contribution in [2.45, 2.75) is 16.6 Å². The van der Waals surface area contributed by atoms with Gasteiger partial charge in [-0.05, 0) is 29.5 Å². The van der Waals surface area contributed by atoms with Crippen molar-refractivity contribution in [3.05, 3.63) is 71.3 Å². The second-order valence-corrected chi connectivity index (χ2v) is 7.84. The molecule has 0 saturated heterocycles. The lowest BCUT2D eigenvalue weighted by atomic mass is 10.1. The fraction of sp³-hybridized carbons (Fsp3) is 0.100. The largest absolute Gasteiger partial charge is 0.361 e. The van der Waals surface area contributed by atoms with Gasteiger partial charge in [-0.1, -0.05) is 29.8 Å². The van der Waals surface area contributed by atoms with Crippen LogP contribution >= 0.6 is 23.4 Å². The molecule has 0 atom stereocenters. The molecule has 30 heavy (non-hydrogen) atoms. The van der Waals surface area contributed by atoms with Gasteiger partial charge in [0.15, 0.2) is 5.16 Å². The van der Waals surface area contributed by atoms with E-state index in [9.17, 15) is 9.59 Å². The number of nitrogens with zero attached hydrogens (tertiary/aromatic N) is 3. The van der Waals surface area contributed by atoms with E-state index in [2.05, 4.69) is 25.8 Å². The lowest BCUT2D eigenvalue weighted by molar-refractivity contribution is -0.121. The smallest absolute Gasteiger partial charge is 0.271 e. The summed E-state index contributed by atoms with van der Waals surface area (Å²) in [7, 11) is 1.87. The van der Waals surface area contributed by atoms with E-state index in [1.54, 1.807) is 12.4 Å². The minimum Gasteiger partial charge on any atom is -0.361 e. The first kappa shape index (κ1) is 20.0. The molecule has 0 aliphatic rings. The summed E-state index contributed by atoms with van der Waals surface area (Å²) >= 11 is 7.56. The maximum atomic E-state index is 12.3. The molecule has 8 nitrogen and oxygen atoms in total. The average molecular weight is 441 g/mol. The van der Waals surface area contributed by atoms with Crippen LogP contribution < -0.4 is 10.9 Å². The number of imidazole rings is 1. The Morgan fingerprint density at radius 3 is 2.83 bits per heavy atom. The molecule has 0 unspecified atom stereocenters. The molecule has 0 saturated carbocycles. The van der Waals surface area contributed by atoms with Crippen molar-refractivity contribution in [2.24, 2.45) is 7.05 Å². The Balaban J connectivity index is 1.36. The van der Waals surface area contributed by atoms with Gasteiger partial charge in [0, 0.05) is 42.7 Å². The number of hydrogen-bond acceptors (Lipinski definition) is 5. The van der Waals surface area contributed by atoms with Crippen LogP contribution in [0.2, 0.25) is 5.02 Å². The predicted octanol–water partition coefficient (Wildman–Crippen LogP) is 3.10. The lowest BCUT2D eigenvalue weighted by Crippen LogP contribution is -2.42. The van der Waals surface area contributed by atoms with Gasteiger partial charge in [-0.25, -0.2) is 9.97 Å². The number of carbonyl (C=O) groups is 2. The number of rotatable bonds is 5. The Hall–Kier alpha value is -3.30. The summed E-state index contributed by atoms with van der Waals surface area (Å²) in [5.74, 6) is -0.848. The SMILES string of the molecule is Cn1ccnc1Sc1ncc(C(=O)NNC(=O)Cc2c[nH]c3ccccc23)cc1Cl. The number of aryl methyl sites for hydroxylation is 1. The maximum absolute atomic E-state index is 12.3. The van der Waals surface area contributed by atoms with E-state index in [0.29, 0.717) is 10.0 Å². The standard InChI is InChI=1S/C20H17ClN6O2S/c1-27-7-6-22-20(27)30-19-15(21)8-13(11-24-19)18(29)26-25-17(28)9-12-10-23-16-5-3-2-4-14(12)16/h2-8,10-11,23H,9H2,1H3,(H,25,28)(H,26,29). The van der Waals surface area contributed by atoms with Crippen LogP contribution in [0.1, 0.15) is 15.9 Å². The Kier molecular flexibility index (Phi) is 5.73. The fourth-order valence-electron chi connectivity index (χ4n) is 2.86. The second kappa shape index (κ2) is 8.60. The summed E-state index contributed by atoms with van der Waals surface area (Å²) in [6, 6.07) is 9.20. The predicted molar refractivity (Wildman–Crippen MR) is 114 cm³/mol. The number of hydrazine groups is 1. The molecule has 2 amide bonds. The number of pyridine rings is 1. The normalized spacial score (nSPS) is 10.9. The lowest BCUT2D eigenvalue weighted by Gasteiger charge is -2.08. The van der Waals surface area contributed by atoms with Gasteiger partial charge in [-0.2, -0.15) is 0 Å². The third kappa shape index (κ3) is 4.32. The third-order valence-electron chi connectivity index (χ3n) is 4.38. The van der Waals surface area contributed by atoms with Crippen molar-refractivity contribution in [1.82, 2.24) is 30.4 Å². The number of aromatic amines is 1. The van der Waals surface area contributed by atoms with Gasteiger partial charge < -0.3 is 9.55 Å². The van der Waals surface area contributed by atoms with Crippen LogP contribution in [0.3, 0.4) is 0 Å². The van der Waals surface area contributed by atoms with Crippen LogP contribution in [0.5, 0.6) is 0 Å². The highest BCUT2D eigenvalue weighted by molar-refractivity contribution is 7.99. The molecule has 1 aromatic carbocycles. The quantitative estimate of drug-likeness (QED) is 0.413. The number of aromatic nitrogens is 4. The molecule has 0 aliphatic heterocycles. The Labute approximate surface area is 181 Å². The number of benzene rings is 1. The molecule has 0 spiro atoms. The molecule has 0 fully saturated rings. The molecule has 152 valence electrons. The van der Waals surface area contributed by atoms with Crippen molar-refractivity contribution in [1.29, 1.82) is 0 Å². The topological polar surface area (TPSA) is 105 Å². The summed E-state index contributed by atoms with van der Waals surface area (Å²) in [4.78, 5) is 36.1. The minimum atomic E-state index is -0.509. The third-order valence-corrected chi connectivity index (χ3v) is 5.87. The Morgan fingerprint density at radius 1 is 1.23 bits per heavy atom. The molecule has 10 heteroatoms. The number of hydrogen-bond donors (Lipinski definition) is 3. The van der Waals surface area contributed by atoms with Crippen LogP contribution in [0, 0.1) is 0 Å². The number of halogens is 1. The van der Waals surface area contributed by atoms with Crippen LogP contribution in [0.4, 0.5) is 0 Å². The number of carbonyl (C=O) groups excluding carboxylic acids is 2. The first-order valence-electron chi connectivity index (χ1n) is 8.96. The summed E-state index contributed by atoms with van der Waals surface area (Å²) < 4.78 is 1.84. The molecule has 0 bridgehead atoms. The highest BCUT2D eigenvalue weighted by Gasteiger charge is 2.14. The van der Waals surface area contributed by atoms with Crippen molar-refractivity contribution in [2.75, 3.05) is 0 Å². The molecule has 4 rings (SSSR count). The van der Waals surface area contributed by atoms with Gasteiger partial charge in [0.25, 0.3) is 5.91 Å². The highest BCUT2D eigenvalue weighted by Crippen LogP contribution is 2.30. The average Bonchev–Trinajstić information content (AvgIpc) is 3.34. The van der Waals surface area contributed by atoms with Crippen molar-refractivity contribution >= 4 is 46.1 Å². The Bertz CT molecular complexity index is 1240. The van der Waals surface area contributed by atoms with E-state index in [0.717, 1.165) is 21.6 Å². The van der Waals surface area contributed by atoms with Crippen LogP contribution in [0.25, 0.3) is 10.9 Å². The number of nitrogens with one attached hydrogen (secondary N) is 3. The summed E-state index contributed by atoms with van der Waals surface area (Å²) in [5, 5.41) is 2.55. The van der Waals surface area contributed by atoms with Gasteiger partial charge in [0.2, 0.25) is 5.91 Å².